The Hall–Kier alpha value is -3.58. The first kappa shape index (κ1) is 18.8. The van der Waals surface area contributed by atoms with Crippen molar-refractivity contribution in [2.45, 2.75) is 6.42 Å². The minimum absolute atomic E-state index is 0.164. The highest BCUT2D eigenvalue weighted by atomic mass is 35.5. The smallest absolute Gasteiger partial charge is 0.291 e. The van der Waals surface area contributed by atoms with Crippen LogP contribution in [-0.4, -0.2) is 28.3 Å². The molecule has 2 aromatic carbocycles. The van der Waals surface area contributed by atoms with Gasteiger partial charge in [0.25, 0.3) is 11.8 Å². The van der Waals surface area contributed by atoms with Crippen molar-refractivity contribution in [2.24, 2.45) is 0 Å². The number of hydrogen-bond donors (Lipinski definition) is 3. The summed E-state index contributed by atoms with van der Waals surface area (Å²) < 4.78 is 5.72. The van der Waals surface area contributed by atoms with Crippen molar-refractivity contribution < 1.29 is 14.3 Å². The fraction of sp³-hybridized carbons (Fsp3) is 0.0952. The lowest BCUT2D eigenvalue weighted by atomic mass is 10.1. The van der Waals surface area contributed by atoms with E-state index in [0.717, 1.165) is 11.3 Å². The first-order valence-electron chi connectivity index (χ1n) is 8.94. The topological polar surface area (TPSA) is 96.1 Å². The maximum atomic E-state index is 12.4. The molecule has 146 valence electrons. The predicted octanol–water partition coefficient (Wildman–Crippen LogP) is 3.41. The van der Waals surface area contributed by atoms with E-state index >= 15 is 0 Å². The summed E-state index contributed by atoms with van der Waals surface area (Å²) in [6.45, 7) is 0.467. The second kappa shape index (κ2) is 8.20. The predicted molar refractivity (Wildman–Crippen MR) is 110 cm³/mol. The number of amides is 2. The van der Waals surface area contributed by atoms with Gasteiger partial charge in [0.05, 0.1) is 12.0 Å². The number of carbonyl (C=O) groups excluding carboxylic acids is 2. The van der Waals surface area contributed by atoms with Crippen LogP contribution in [0.4, 0.5) is 5.69 Å². The molecule has 2 heterocycles. The van der Waals surface area contributed by atoms with Crippen LogP contribution in [0.3, 0.4) is 0 Å². The van der Waals surface area contributed by atoms with Crippen molar-refractivity contribution in [1.29, 1.82) is 0 Å². The van der Waals surface area contributed by atoms with Crippen LogP contribution in [0.2, 0.25) is 5.02 Å². The van der Waals surface area contributed by atoms with Crippen LogP contribution in [0.15, 0.2) is 60.7 Å². The van der Waals surface area contributed by atoms with E-state index in [-0.39, 0.29) is 17.6 Å². The molecule has 0 spiro atoms. The Morgan fingerprint density at radius 3 is 2.79 bits per heavy atom. The Balaban J connectivity index is 1.44. The molecule has 0 radical (unpaired) electrons. The summed E-state index contributed by atoms with van der Waals surface area (Å²) in [5.74, 6) is 0.0173. The van der Waals surface area contributed by atoms with Gasteiger partial charge in [-0.3, -0.25) is 9.59 Å². The average Bonchev–Trinajstić information content (AvgIpc) is 3.23. The number of anilines is 1. The van der Waals surface area contributed by atoms with Crippen LogP contribution in [0.1, 0.15) is 21.6 Å². The zero-order valence-electron chi connectivity index (χ0n) is 15.2. The first-order valence-corrected chi connectivity index (χ1v) is 9.32. The fourth-order valence-electron chi connectivity index (χ4n) is 2.85. The zero-order chi connectivity index (χ0) is 20.2. The average molecular weight is 409 g/mol. The highest BCUT2D eigenvalue weighted by Gasteiger charge is 2.23. The molecule has 3 N–H and O–H groups in total. The van der Waals surface area contributed by atoms with E-state index in [1.165, 1.54) is 0 Å². The van der Waals surface area contributed by atoms with E-state index in [1.54, 1.807) is 61.1 Å². The van der Waals surface area contributed by atoms with Gasteiger partial charge in [0.15, 0.2) is 11.5 Å². The van der Waals surface area contributed by atoms with Crippen molar-refractivity contribution in [2.75, 3.05) is 11.9 Å². The van der Waals surface area contributed by atoms with Gasteiger partial charge >= 0.3 is 0 Å². The van der Waals surface area contributed by atoms with Gasteiger partial charge in [-0.25, -0.2) is 4.98 Å². The van der Waals surface area contributed by atoms with Crippen LogP contribution in [0, 0.1) is 0 Å². The van der Waals surface area contributed by atoms with Gasteiger partial charge in [-0.05, 0) is 42.0 Å². The summed E-state index contributed by atoms with van der Waals surface area (Å²) in [7, 11) is 0. The number of H-pyrrole nitrogens is 1. The summed E-state index contributed by atoms with van der Waals surface area (Å²) in [5, 5.41) is 6.22. The summed E-state index contributed by atoms with van der Waals surface area (Å²) in [5.41, 5.74) is 2.61. The maximum Gasteiger partial charge on any atom is 0.291 e. The second-order valence-electron chi connectivity index (χ2n) is 6.41. The third-order valence-corrected chi connectivity index (χ3v) is 4.59. The van der Waals surface area contributed by atoms with Crippen molar-refractivity contribution in [1.82, 2.24) is 15.3 Å². The van der Waals surface area contributed by atoms with Gasteiger partial charge in [0, 0.05) is 35.4 Å². The van der Waals surface area contributed by atoms with E-state index in [0.29, 0.717) is 35.0 Å². The summed E-state index contributed by atoms with van der Waals surface area (Å²) >= 11 is 5.88. The molecule has 0 fully saturated rings. The molecule has 4 rings (SSSR count). The highest BCUT2D eigenvalue weighted by Crippen LogP contribution is 2.32. The molecule has 1 aromatic heterocycles. The molecule has 3 aromatic rings. The standard InChI is InChI=1S/C21H17ClN4O3/c22-15-4-1-13(2-5-15)9-19-21(28)26-17-10-14(3-6-18(17)29-19)20(27)24-8-7-16-11-23-12-25-16/h1-6,9-12H,7-8H2,(H,23,25)(H,24,27)(H,26,28)/b19-9+. The monoisotopic (exact) mass is 408 g/mol. The van der Waals surface area contributed by atoms with Gasteiger partial charge in [0.2, 0.25) is 0 Å². The summed E-state index contributed by atoms with van der Waals surface area (Å²) in [6, 6.07) is 12.0. The van der Waals surface area contributed by atoms with E-state index in [9.17, 15) is 9.59 Å². The van der Waals surface area contributed by atoms with Crippen LogP contribution in [0.5, 0.6) is 5.75 Å². The second-order valence-corrected chi connectivity index (χ2v) is 6.85. The number of benzene rings is 2. The van der Waals surface area contributed by atoms with Crippen molar-refractivity contribution in [3.05, 3.63) is 82.6 Å². The quantitative estimate of drug-likeness (QED) is 0.564. The molecule has 0 unspecified atom stereocenters. The number of carbonyl (C=O) groups is 2. The molecule has 0 bridgehead atoms. The Morgan fingerprint density at radius 1 is 1.21 bits per heavy atom. The Bertz CT molecular complexity index is 1080. The van der Waals surface area contributed by atoms with Crippen LogP contribution in [-0.2, 0) is 11.2 Å². The van der Waals surface area contributed by atoms with E-state index in [2.05, 4.69) is 20.6 Å². The lowest BCUT2D eigenvalue weighted by Gasteiger charge is -2.20. The van der Waals surface area contributed by atoms with Gasteiger partial charge in [-0.2, -0.15) is 0 Å². The molecule has 0 saturated heterocycles. The Morgan fingerprint density at radius 2 is 2.03 bits per heavy atom. The molecular formula is C21H17ClN4O3. The van der Waals surface area contributed by atoms with Gasteiger partial charge in [-0.1, -0.05) is 23.7 Å². The number of halogens is 1. The van der Waals surface area contributed by atoms with Gasteiger partial charge < -0.3 is 20.4 Å². The van der Waals surface area contributed by atoms with Gasteiger partial charge in [-0.15, -0.1) is 0 Å². The summed E-state index contributed by atoms with van der Waals surface area (Å²) in [4.78, 5) is 31.7. The number of nitrogens with zero attached hydrogens (tertiary/aromatic N) is 1. The number of fused-ring (bicyclic) bond motifs is 1. The minimum Gasteiger partial charge on any atom is -0.449 e. The number of hydrogen-bond acceptors (Lipinski definition) is 4. The number of nitrogens with one attached hydrogen (secondary N) is 3. The van der Waals surface area contributed by atoms with Crippen LogP contribution < -0.4 is 15.4 Å². The van der Waals surface area contributed by atoms with E-state index < -0.39 is 0 Å². The molecule has 7 nitrogen and oxygen atoms in total. The first-order chi connectivity index (χ1) is 14.1. The van der Waals surface area contributed by atoms with Crippen molar-refractivity contribution in [3.8, 4) is 5.75 Å². The molecule has 1 aliphatic rings. The fourth-order valence-corrected chi connectivity index (χ4v) is 2.97. The Labute approximate surface area is 171 Å². The largest absolute Gasteiger partial charge is 0.449 e. The van der Waals surface area contributed by atoms with E-state index in [1.807, 2.05) is 0 Å². The lowest BCUT2D eigenvalue weighted by Crippen LogP contribution is -2.27. The number of ether oxygens (including phenoxy) is 1. The van der Waals surface area contributed by atoms with Crippen molar-refractivity contribution in [3.63, 3.8) is 0 Å². The number of aromatic nitrogens is 2. The van der Waals surface area contributed by atoms with Crippen molar-refractivity contribution >= 4 is 35.2 Å². The SMILES string of the molecule is O=C1Nc2cc(C(=O)NCCc3cnc[nH]3)ccc2O/C1=C/c1ccc(Cl)cc1. The molecule has 1 aliphatic heterocycles. The van der Waals surface area contributed by atoms with Crippen LogP contribution >= 0.6 is 11.6 Å². The maximum absolute atomic E-state index is 12.4. The third kappa shape index (κ3) is 4.47. The Kier molecular flexibility index (Phi) is 5.31. The lowest BCUT2D eigenvalue weighted by molar-refractivity contribution is -0.115. The summed E-state index contributed by atoms with van der Waals surface area (Å²) in [6.07, 6.45) is 5.59. The minimum atomic E-state index is -0.385. The third-order valence-electron chi connectivity index (χ3n) is 4.34. The number of aromatic amines is 1. The van der Waals surface area contributed by atoms with Crippen LogP contribution in [0.25, 0.3) is 6.08 Å². The van der Waals surface area contributed by atoms with Gasteiger partial charge in [0.1, 0.15) is 0 Å². The molecule has 2 amide bonds. The number of rotatable bonds is 5. The molecule has 8 heteroatoms. The van der Waals surface area contributed by atoms with E-state index in [4.69, 9.17) is 16.3 Å². The highest BCUT2D eigenvalue weighted by molar-refractivity contribution is 6.30. The molecule has 29 heavy (non-hydrogen) atoms. The molecule has 0 saturated carbocycles. The zero-order valence-corrected chi connectivity index (χ0v) is 16.0. The number of imidazole rings is 1. The molecule has 0 aliphatic carbocycles. The molecular weight excluding hydrogens is 392 g/mol. The normalized spacial score (nSPS) is 14.1. The molecule has 0 atom stereocenters.